The van der Waals surface area contributed by atoms with Crippen LogP contribution in [0, 0.1) is 0 Å². The molecule has 0 saturated heterocycles. The normalized spacial score (nSPS) is 10.7. The fraction of sp³-hybridized carbons (Fsp3) is 0.846. The molecule has 0 aliphatic rings. The van der Waals surface area contributed by atoms with Gasteiger partial charge in [-0.2, -0.15) is 0 Å². The molecule has 1 N–H and O–H groups in total. The van der Waals surface area contributed by atoms with E-state index in [9.17, 15) is 4.79 Å². The zero-order valence-corrected chi connectivity index (χ0v) is 13.3. The van der Waals surface area contributed by atoms with Gasteiger partial charge in [-0.3, -0.25) is 4.99 Å². The van der Waals surface area contributed by atoms with Crippen molar-refractivity contribution in [1.82, 2.24) is 15.1 Å². The number of nitrogens with one attached hydrogen (secondary N) is 1. The number of nitrogens with zero attached hydrogens (tertiary/aromatic N) is 3. The van der Waals surface area contributed by atoms with Crippen LogP contribution < -0.4 is 5.32 Å². The minimum Gasteiger partial charge on any atom is -0.444 e. The van der Waals surface area contributed by atoms with Crippen LogP contribution in [-0.2, 0) is 4.74 Å². The average Bonchev–Trinajstić information content (AvgIpc) is 2.19. The van der Waals surface area contributed by atoms with E-state index in [0.29, 0.717) is 13.1 Å². The highest BCUT2D eigenvalue weighted by Crippen LogP contribution is 2.06. The molecule has 0 aliphatic carbocycles. The molecule has 0 heterocycles. The maximum Gasteiger partial charge on any atom is 0.407 e. The first-order valence-electron chi connectivity index (χ1n) is 6.49. The van der Waals surface area contributed by atoms with Crippen molar-refractivity contribution in [3.8, 4) is 0 Å². The van der Waals surface area contributed by atoms with Gasteiger partial charge < -0.3 is 19.9 Å². The van der Waals surface area contributed by atoms with Crippen LogP contribution in [0.25, 0.3) is 0 Å². The van der Waals surface area contributed by atoms with Crippen molar-refractivity contribution >= 4 is 12.1 Å². The van der Waals surface area contributed by atoms with Crippen LogP contribution in [-0.4, -0.2) is 68.7 Å². The van der Waals surface area contributed by atoms with Gasteiger partial charge in [0.05, 0.1) is 0 Å². The first-order valence-corrected chi connectivity index (χ1v) is 6.49. The summed E-state index contributed by atoms with van der Waals surface area (Å²) < 4.78 is 5.14. The van der Waals surface area contributed by atoms with E-state index in [1.807, 2.05) is 58.8 Å². The predicted molar refractivity (Wildman–Crippen MR) is 78.5 cm³/mol. The van der Waals surface area contributed by atoms with Crippen LogP contribution in [0.1, 0.15) is 27.2 Å². The molecular weight excluding hydrogens is 244 g/mol. The Morgan fingerprint density at radius 1 is 1.16 bits per heavy atom. The second-order valence-electron chi connectivity index (χ2n) is 5.75. The minimum atomic E-state index is -0.453. The van der Waals surface area contributed by atoms with E-state index in [0.717, 1.165) is 12.4 Å². The highest BCUT2D eigenvalue weighted by atomic mass is 16.6. The summed E-state index contributed by atoms with van der Waals surface area (Å²) in [6.45, 7) is 6.76. The highest BCUT2D eigenvalue weighted by molar-refractivity contribution is 5.79. The topological polar surface area (TPSA) is 57.2 Å². The molecule has 0 rings (SSSR count). The lowest BCUT2D eigenvalue weighted by Gasteiger charge is -2.22. The molecule has 112 valence electrons. The van der Waals surface area contributed by atoms with Crippen LogP contribution >= 0.6 is 0 Å². The summed E-state index contributed by atoms with van der Waals surface area (Å²) in [6.07, 6.45) is 0.404. The lowest BCUT2D eigenvalue weighted by atomic mass is 10.2. The van der Waals surface area contributed by atoms with Crippen LogP contribution in [0.4, 0.5) is 4.79 Å². The Bertz CT molecular complexity index is 296. The third kappa shape index (κ3) is 9.16. The van der Waals surface area contributed by atoms with Gasteiger partial charge in [-0.05, 0) is 27.2 Å². The second kappa shape index (κ2) is 7.86. The number of carbonyl (C=O) groups is 1. The van der Waals surface area contributed by atoms with Crippen molar-refractivity contribution in [3.05, 3.63) is 0 Å². The maximum absolute atomic E-state index is 11.4. The molecule has 0 aromatic heterocycles. The Kier molecular flexibility index (Phi) is 7.26. The van der Waals surface area contributed by atoms with Crippen molar-refractivity contribution in [2.45, 2.75) is 32.8 Å². The van der Waals surface area contributed by atoms with Crippen molar-refractivity contribution in [1.29, 1.82) is 0 Å². The lowest BCUT2D eigenvalue weighted by molar-refractivity contribution is 0.0527. The summed E-state index contributed by atoms with van der Waals surface area (Å²) >= 11 is 0. The van der Waals surface area contributed by atoms with Gasteiger partial charge >= 0.3 is 6.09 Å². The fourth-order valence-electron chi connectivity index (χ4n) is 1.45. The Balaban J connectivity index is 3.92. The SMILES string of the molecule is CN(C)C(=NCCCNC(=O)OC(C)(C)C)N(C)C. The molecular formula is C13H28N4O2. The van der Waals surface area contributed by atoms with Crippen molar-refractivity contribution < 1.29 is 9.53 Å². The first kappa shape index (κ1) is 17.5. The monoisotopic (exact) mass is 272 g/mol. The number of rotatable bonds is 4. The number of aliphatic imine (C=N–C) groups is 1. The molecule has 0 fully saturated rings. The molecule has 0 aromatic rings. The molecule has 6 heteroatoms. The van der Waals surface area contributed by atoms with Crippen LogP contribution in [0.3, 0.4) is 0 Å². The Morgan fingerprint density at radius 2 is 1.68 bits per heavy atom. The van der Waals surface area contributed by atoms with Gasteiger partial charge in [0.25, 0.3) is 0 Å². The van der Waals surface area contributed by atoms with Gasteiger partial charge in [0, 0.05) is 41.3 Å². The standard InChI is InChI=1S/C13H28N4O2/c1-13(2,3)19-12(18)15-10-8-9-14-11(16(4)5)17(6)7/h8-10H2,1-7H3,(H,15,18). The number of hydrogen-bond donors (Lipinski definition) is 1. The number of alkyl carbamates (subject to hydrolysis) is 1. The summed E-state index contributed by atoms with van der Waals surface area (Å²) in [5.41, 5.74) is -0.453. The quantitative estimate of drug-likeness (QED) is 0.477. The highest BCUT2D eigenvalue weighted by Gasteiger charge is 2.15. The summed E-state index contributed by atoms with van der Waals surface area (Å²) in [7, 11) is 7.82. The van der Waals surface area contributed by atoms with E-state index in [4.69, 9.17) is 4.74 Å². The number of hydrogen-bond acceptors (Lipinski definition) is 3. The van der Waals surface area contributed by atoms with Crippen LogP contribution in [0.2, 0.25) is 0 Å². The molecule has 0 aromatic carbocycles. The van der Waals surface area contributed by atoms with Crippen molar-refractivity contribution in [2.75, 3.05) is 41.3 Å². The lowest BCUT2D eigenvalue weighted by Crippen LogP contribution is -2.36. The molecule has 1 amide bonds. The number of carbonyl (C=O) groups excluding carboxylic acids is 1. The number of amides is 1. The smallest absolute Gasteiger partial charge is 0.407 e. The van der Waals surface area contributed by atoms with Gasteiger partial charge in [0.1, 0.15) is 5.60 Å². The van der Waals surface area contributed by atoms with E-state index in [-0.39, 0.29) is 6.09 Å². The summed E-state index contributed by atoms with van der Waals surface area (Å²) in [6, 6.07) is 0. The molecule has 6 nitrogen and oxygen atoms in total. The number of guanidine groups is 1. The second-order valence-corrected chi connectivity index (χ2v) is 5.75. The van der Waals surface area contributed by atoms with E-state index < -0.39 is 5.60 Å². The fourth-order valence-corrected chi connectivity index (χ4v) is 1.45. The molecule has 0 unspecified atom stereocenters. The van der Waals surface area contributed by atoms with Crippen LogP contribution in [0.5, 0.6) is 0 Å². The molecule has 0 aliphatic heterocycles. The third-order valence-corrected chi connectivity index (χ3v) is 2.06. The Hall–Kier alpha value is -1.46. The third-order valence-electron chi connectivity index (χ3n) is 2.06. The molecule has 0 spiro atoms. The van der Waals surface area contributed by atoms with Gasteiger partial charge in [-0.1, -0.05) is 0 Å². The molecule has 0 bridgehead atoms. The van der Waals surface area contributed by atoms with Crippen LogP contribution in [0.15, 0.2) is 4.99 Å². The molecule has 0 saturated carbocycles. The largest absolute Gasteiger partial charge is 0.444 e. The predicted octanol–water partition coefficient (Wildman–Crippen LogP) is 1.38. The number of ether oxygens (including phenoxy) is 1. The van der Waals surface area contributed by atoms with E-state index >= 15 is 0 Å². The van der Waals surface area contributed by atoms with E-state index in [2.05, 4.69) is 10.3 Å². The summed E-state index contributed by atoms with van der Waals surface area (Å²) in [5, 5.41) is 2.71. The molecule has 19 heavy (non-hydrogen) atoms. The Labute approximate surface area is 116 Å². The molecule has 0 atom stereocenters. The maximum atomic E-state index is 11.4. The van der Waals surface area contributed by atoms with Gasteiger partial charge in [-0.15, -0.1) is 0 Å². The van der Waals surface area contributed by atoms with Crippen molar-refractivity contribution in [3.63, 3.8) is 0 Å². The summed E-state index contributed by atoms with van der Waals surface area (Å²) in [4.78, 5) is 19.8. The Morgan fingerprint density at radius 3 is 2.11 bits per heavy atom. The van der Waals surface area contributed by atoms with E-state index in [1.54, 1.807) is 0 Å². The van der Waals surface area contributed by atoms with Gasteiger partial charge in [-0.25, -0.2) is 4.79 Å². The van der Waals surface area contributed by atoms with Gasteiger partial charge in [0.2, 0.25) is 0 Å². The zero-order chi connectivity index (χ0) is 15.1. The van der Waals surface area contributed by atoms with Crippen molar-refractivity contribution in [2.24, 2.45) is 4.99 Å². The first-order chi connectivity index (χ1) is 8.63. The average molecular weight is 272 g/mol. The minimum absolute atomic E-state index is 0.378. The van der Waals surface area contributed by atoms with E-state index in [1.165, 1.54) is 0 Å². The zero-order valence-electron chi connectivity index (χ0n) is 13.3. The van der Waals surface area contributed by atoms with Gasteiger partial charge in [0.15, 0.2) is 5.96 Å². The molecule has 0 radical (unpaired) electrons. The summed E-state index contributed by atoms with van der Waals surface area (Å²) in [5.74, 6) is 0.914.